The largest absolute Gasteiger partial charge is 0.504 e. The van der Waals surface area contributed by atoms with Crippen LogP contribution < -0.4 is 19.6 Å². The first-order valence-corrected chi connectivity index (χ1v) is 13.0. The maximum absolute atomic E-state index is 13.9. The second-order valence-corrected chi connectivity index (χ2v) is 10.1. The van der Waals surface area contributed by atoms with Crippen LogP contribution in [-0.2, 0) is 11.2 Å². The van der Waals surface area contributed by atoms with Crippen molar-refractivity contribution < 1.29 is 19.4 Å². The Morgan fingerprint density at radius 1 is 1.05 bits per heavy atom. The van der Waals surface area contributed by atoms with Gasteiger partial charge in [0.1, 0.15) is 0 Å². The highest BCUT2D eigenvalue weighted by Crippen LogP contribution is 2.41. The van der Waals surface area contributed by atoms with Gasteiger partial charge in [-0.25, -0.2) is 9.79 Å². The van der Waals surface area contributed by atoms with Crippen LogP contribution in [-0.4, -0.2) is 29.9 Å². The lowest BCUT2D eigenvalue weighted by Gasteiger charge is -2.30. The lowest BCUT2D eigenvalue weighted by molar-refractivity contribution is 0.0600. The summed E-state index contributed by atoms with van der Waals surface area (Å²) in [6, 6.07) is 20.2. The Labute approximate surface area is 222 Å². The molecule has 1 unspecified atom stereocenters. The van der Waals surface area contributed by atoms with Crippen molar-refractivity contribution in [3.8, 4) is 11.5 Å². The standard InChI is InChI=1S/C30H24N2O5S/c1-36-23-9-5-7-20(27(23)33)16-24-28(34)32-26(18-10-12-19(13-11-18)29(35)37-2)22-15-14-17-6-3-4-8-21(17)25(22)31-30(32)38-24/h3-13,16,26,33H,14-15H2,1-2H3. The number of aromatic hydroxyl groups is 1. The van der Waals surface area contributed by atoms with Crippen molar-refractivity contribution >= 4 is 29.1 Å². The number of methoxy groups -OCH3 is 2. The Morgan fingerprint density at radius 2 is 1.84 bits per heavy atom. The second kappa shape index (κ2) is 9.46. The number of phenolic OH excluding ortho intramolecular Hbond substituents is 1. The number of esters is 1. The number of para-hydroxylation sites is 1. The summed E-state index contributed by atoms with van der Waals surface area (Å²) in [6.45, 7) is 0. The molecule has 1 aromatic heterocycles. The lowest BCUT2D eigenvalue weighted by atomic mass is 9.83. The topological polar surface area (TPSA) is 90.1 Å². The van der Waals surface area contributed by atoms with E-state index in [1.807, 2.05) is 24.3 Å². The quantitative estimate of drug-likeness (QED) is 0.410. The number of thiazole rings is 1. The van der Waals surface area contributed by atoms with Crippen LogP contribution in [0.5, 0.6) is 11.5 Å². The number of hydrogen-bond donors (Lipinski definition) is 1. The van der Waals surface area contributed by atoms with Crippen molar-refractivity contribution in [1.82, 2.24) is 4.57 Å². The number of carbonyl (C=O) groups excluding carboxylic acids is 1. The van der Waals surface area contributed by atoms with Gasteiger partial charge in [0.2, 0.25) is 0 Å². The number of phenols is 1. The third kappa shape index (κ3) is 3.85. The molecule has 0 radical (unpaired) electrons. The fourth-order valence-electron chi connectivity index (χ4n) is 5.20. The van der Waals surface area contributed by atoms with Gasteiger partial charge in [-0.2, -0.15) is 0 Å². The van der Waals surface area contributed by atoms with E-state index in [1.54, 1.807) is 41.0 Å². The molecule has 190 valence electrons. The SMILES string of the molecule is COC(=O)c1ccc(C2C3=C(N=c4sc(=Cc5cccc(OC)c5O)c(=O)n42)c2ccccc2CC3)cc1. The number of allylic oxidation sites excluding steroid dienone is 1. The zero-order valence-corrected chi connectivity index (χ0v) is 21.6. The van der Waals surface area contributed by atoms with Gasteiger partial charge in [-0.1, -0.05) is 59.9 Å². The number of aromatic nitrogens is 1. The van der Waals surface area contributed by atoms with E-state index in [4.69, 9.17) is 14.5 Å². The third-order valence-corrected chi connectivity index (χ3v) is 8.04. The van der Waals surface area contributed by atoms with E-state index >= 15 is 0 Å². The van der Waals surface area contributed by atoms with Crippen molar-refractivity contribution in [2.45, 2.75) is 18.9 Å². The van der Waals surface area contributed by atoms with E-state index in [-0.39, 0.29) is 17.4 Å². The van der Waals surface area contributed by atoms with Gasteiger partial charge >= 0.3 is 5.97 Å². The summed E-state index contributed by atoms with van der Waals surface area (Å²) < 4.78 is 12.3. The molecule has 4 aromatic rings. The maximum Gasteiger partial charge on any atom is 0.337 e. The second-order valence-electron chi connectivity index (χ2n) is 9.13. The van der Waals surface area contributed by atoms with E-state index in [9.17, 15) is 14.7 Å². The summed E-state index contributed by atoms with van der Waals surface area (Å²) >= 11 is 1.29. The average Bonchev–Trinajstić information content (AvgIpc) is 3.26. The zero-order valence-electron chi connectivity index (χ0n) is 20.8. The van der Waals surface area contributed by atoms with Crippen molar-refractivity contribution in [1.29, 1.82) is 0 Å². The van der Waals surface area contributed by atoms with Crippen LogP contribution in [0.4, 0.5) is 0 Å². The maximum atomic E-state index is 13.9. The number of fused-ring (bicyclic) bond motifs is 3. The number of aryl methyl sites for hydroxylation is 1. The molecule has 0 amide bonds. The molecule has 38 heavy (non-hydrogen) atoms. The average molecular weight is 525 g/mol. The fraction of sp³-hybridized carbons (Fsp3) is 0.167. The highest BCUT2D eigenvalue weighted by molar-refractivity contribution is 7.07. The first-order valence-electron chi connectivity index (χ1n) is 12.2. The Balaban J connectivity index is 1.59. The van der Waals surface area contributed by atoms with E-state index < -0.39 is 5.97 Å². The van der Waals surface area contributed by atoms with Crippen LogP contribution in [0.15, 0.2) is 82.1 Å². The molecule has 1 aliphatic carbocycles. The lowest BCUT2D eigenvalue weighted by Crippen LogP contribution is -2.38. The number of ether oxygens (including phenoxy) is 2. The molecule has 8 heteroatoms. The number of carbonyl (C=O) groups is 1. The molecule has 6 rings (SSSR count). The van der Waals surface area contributed by atoms with Crippen LogP contribution in [0.2, 0.25) is 0 Å². The summed E-state index contributed by atoms with van der Waals surface area (Å²) in [4.78, 5) is 31.5. The highest BCUT2D eigenvalue weighted by atomic mass is 32.1. The minimum atomic E-state index is -0.412. The molecule has 0 saturated heterocycles. The van der Waals surface area contributed by atoms with Gasteiger partial charge in [0.15, 0.2) is 16.3 Å². The van der Waals surface area contributed by atoms with Crippen LogP contribution in [0.1, 0.15) is 45.1 Å². The van der Waals surface area contributed by atoms with E-state index in [0.29, 0.717) is 26.2 Å². The minimum Gasteiger partial charge on any atom is -0.504 e. The van der Waals surface area contributed by atoms with Crippen molar-refractivity contribution in [3.05, 3.63) is 120 Å². The number of rotatable bonds is 4. The molecule has 2 heterocycles. The monoisotopic (exact) mass is 524 g/mol. The number of hydrogen-bond acceptors (Lipinski definition) is 7. The smallest absolute Gasteiger partial charge is 0.337 e. The molecular formula is C30H24N2O5S. The molecule has 1 atom stereocenters. The summed E-state index contributed by atoms with van der Waals surface area (Å²) in [5, 5.41) is 10.6. The fourth-order valence-corrected chi connectivity index (χ4v) is 6.20. The van der Waals surface area contributed by atoms with E-state index in [0.717, 1.165) is 35.2 Å². The van der Waals surface area contributed by atoms with Gasteiger partial charge in [0, 0.05) is 11.1 Å². The predicted octanol–water partition coefficient (Wildman–Crippen LogP) is 3.82. The van der Waals surface area contributed by atoms with E-state index in [1.165, 1.54) is 31.1 Å². The van der Waals surface area contributed by atoms with Crippen LogP contribution in [0.3, 0.4) is 0 Å². The number of nitrogens with zero attached hydrogens (tertiary/aromatic N) is 2. The first-order chi connectivity index (χ1) is 18.5. The zero-order chi connectivity index (χ0) is 26.4. The first kappa shape index (κ1) is 23.9. The molecule has 0 saturated carbocycles. The van der Waals surface area contributed by atoms with Crippen LogP contribution >= 0.6 is 11.3 Å². The minimum absolute atomic E-state index is 0.0241. The van der Waals surface area contributed by atoms with Gasteiger partial charge in [-0.3, -0.25) is 9.36 Å². The molecule has 1 N–H and O–H groups in total. The molecule has 0 bridgehead atoms. The third-order valence-electron chi connectivity index (χ3n) is 7.06. The molecule has 0 fully saturated rings. The predicted molar refractivity (Wildman–Crippen MR) is 145 cm³/mol. The van der Waals surface area contributed by atoms with Gasteiger partial charge in [0.05, 0.1) is 36.1 Å². The van der Waals surface area contributed by atoms with Crippen molar-refractivity contribution in [2.24, 2.45) is 4.99 Å². The van der Waals surface area contributed by atoms with Gasteiger partial charge in [-0.15, -0.1) is 0 Å². The normalized spacial score (nSPS) is 16.3. The van der Waals surface area contributed by atoms with Gasteiger partial charge in [-0.05, 0) is 53.8 Å². The Morgan fingerprint density at radius 3 is 2.61 bits per heavy atom. The molecule has 2 aliphatic rings. The van der Waals surface area contributed by atoms with Crippen molar-refractivity contribution in [3.63, 3.8) is 0 Å². The molecule has 3 aromatic carbocycles. The van der Waals surface area contributed by atoms with Crippen LogP contribution in [0, 0.1) is 0 Å². The Kier molecular flexibility index (Phi) is 5.96. The molecule has 1 aliphatic heterocycles. The summed E-state index contributed by atoms with van der Waals surface area (Å²) in [6.07, 6.45) is 3.29. The number of benzene rings is 3. The molecular weight excluding hydrogens is 500 g/mol. The van der Waals surface area contributed by atoms with Gasteiger partial charge < -0.3 is 14.6 Å². The molecule has 0 spiro atoms. The summed E-state index contributed by atoms with van der Waals surface area (Å²) in [5.41, 5.74) is 5.90. The highest BCUT2D eigenvalue weighted by Gasteiger charge is 2.32. The Hall–Kier alpha value is -4.43. The van der Waals surface area contributed by atoms with E-state index in [2.05, 4.69) is 12.1 Å². The summed E-state index contributed by atoms with van der Waals surface area (Å²) in [7, 11) is 2.84. The Bertz CT molecular complexity index is 1800. The van der Waals surface area contributed by atoms with Crippen molar-refractivity contribution in [2.75, 3.05) is 14.2 Å². The van der Waals surface area contributed by atoms with Crippen LogP contribution in [0.25, 0.3) is 11.8 Å². The molecule has 7 nitrogen and oxygen atoms in total. The summed E-state index contributed by atoms with van der Waals surface area (Å²) in [5.74, 6) is -0.101. The van der Waals surface area contributed by atoms with Gasteiger partial charge in [0.25, 0.3) is 5.56 Å².